The van der Waals surface area contributed by atoms with Gasteiger partial charge in [0.25, 0.3) is 11.8 Å². The van der Waals surface area contributed by atoms with Crippen molar-refractivity contribution < 1.29 is 28.5 Å². The summed E-state index contributed by atoms with van der Waals surface area (Å²) in [5.74, 6) is -3.28. The molecule has 0 radical (unpaired) electrons. The number of carbonyl (C=O) groups is 4. The number of aliphatic carboxylic acids is 1. The quantitative estimate of drug-likeness (QED) is 0.184. The first-order valence-electron chi connectivity index (χ1n) is 9.87. The lowest BCUT2D eigenvalue weighted by molar-refractivity contribution is -0.147. The number of carbonyl (C=O) groups excluding carboxylic acids is 3. The maximum atomic E-state index is 13.0. The van der Waals surface area contributed by atoms with E-state index in [4.69, 9.17) is 9.29 Å². The van der Waals surface area contributed by atoms with Gasteiger partial charge in [-0.15, -0.1) is 0 Å². The van der Waals surface area contributed by atoms with Crippen LogP contribution >= 0.6 is 21.9 Å². The van der Waals surface area contributed by atoms with Crippen molar-refractivity contribution >= 4 is 45.6 Å². The fraction of sp³-hybridized carbons (Fsp3) is 0.273. The topological polar surface area (TPSA) is 122 Å². The normalized spacial score (nSPS) is 12.3. The lowest BCUT2D eigenvalue weighted by Crippen LogP contribution is -2.63. The molecule has 0 bridgehead atoms. The lowest BCUT2D eigenvalue weighted by atomic mass is 9.94. The Bertz CT molecular complexity index is 927. The van der Waals surface area contributed by atoms with Crippen molar-refractivity contribution in [2.45, 2.75) is 36.6 Å². The number of rotatable bonds is 12. The second-order valence-electron chi connectivity index (χ2n) is 6.67. The largest absolute Gasteiger partial charge is 0.481 e. The zero-order chi connectivity index (χ0) is 23.4. The summed E-state index contributed by atoms with van der Waals surface area (Å²) < 4.78 is 5.28. The monoisotopic (exact) mass is 476 g/mol. The number of amides is 2. The molecular formula is C22H24N2O6S2. The van der Waals surface area contributed by atoms with E-state index in [-0.39, 0.29) is 31.4 Å². The summed E-state index contributed by atoms with van der Waals surface area (Å²) in [5.41, 5.74) is -1.69. The van der Waals surface area contributed by atoms with Crippen LogP contribution in [0.25, 0.3) is 0 Å². The minimum atomic E-state index is -1.97. The van der Waals surface area contributed by atoms with Crippen molar-refractivity contribution in [2.24, 2.45) is 0 Å². The Kier molecular flexibility index (Phi) is 10.1. The van der Waals surface area contributed by atoms with Gasteiger partial charge in [0.05, 0.1) is 0 Å². The van der Waals surface area contributed by atoms with E-state index < -0.39 is 29.3 Å². The van der Waals surface area contributed by atoms with E-state index in [2.05, 4.69) is 10.6 Å². The molecule has 8 nitrogen and oxygen atoms in total. The first kappa shape index (κ1) is 25.3. The summed E-state index contributed by atoms with van der Waals surface area (Å²) in [4.78, 5) is 50.3. The predicted molar refractivity (Wildman–Crippen MR) is 123 cm³/mol. The van der Waals surface area contributed by atoms with Gasteiger partial charge in [-0.1, -0.05) is 43.3 Å². The van der Waals surface area contributed by atoms with Gasteiger partial charge in [-0.2, -0.15) is 0 Å². The van der Waals surface area contributed by atoms with Crippen molar-refractivity contribution in [3.05, 3.63) is 66.2 Å². The molecule has 1 atom stereocenters. The van der Waals surface area contributed by atoms with Crippen LogP contribution in [0.15, 0.2) is 65.6 Å². The molecule has 1 unspecified atom stereocenters. The summed E-state index contributed by atoms with van der Waals surface area (Å²) in [6.45, 7) is 1.62. The third-order valence-corrected chi connectivity index (χ3v) is 6.20. The van der Waals surface area contributed by atoms with Crippen LogP contribution in [0.4, 0.5) is 0 Å². The van der Waals surface area contributed by atoms with E-state index in [0.717, 1.165) is 16.0 Å². The standard InChI is InChI=1S/C22H24N2O6S2/c1-2-22(20(28)23-15-9-14-18(25)26,24-19(27)16-10-5-3-6-11-16)21(29)30-32-31-17-12-7-4-8-13-17/h3-8,10-13H,2,9,14-15H2,1H3,(H,23,28)(H,24,27)(H,25,26). The number of benzene rings is 2. The summed E-state index contributed by atoms with van der Waals surface area (Å²) in [6.07, 6.45) is -0.0172. The van der Waals surface area contributed by atoms with Crippen LogP contribution in [0, 0.1) is 0 Å². The van der Waals surface area contributed by atoms with Gasteiger partial charge < -0.3 is 19.9 Å². The molecule has 0 aliphatic heterocycles. The average Bonchev–Trinajstić information content (AvgIpc) is 2.81. The zero-order valence-corrected chi connectivity index (χ0v) is 19.0. The fourth-order valence-electron chi connectivity index (χ4n) is 2.68. The first-order valence-corrected chi connectivity index (χ1v) is 11.9. The molecule has 0 aliphatic rings. The molecular weight excluding hydrogens is 452 g/mol. The number of carboxylic acid groups (broad SMARTS) is 1. The summed E-state index contributed by atoms with van der Waals surface area (Å²) in [5, 5.41) is 13.8. The summed E-state index contributed by atoms with van der Waals surface area (Å²) in [7, 11) is 1.19. The molecule has 2 amide bonds. The van der Waals surface area contributed by atoms with Crippen LogP contribution in [0.5, 0.6) is 0 Å². The molecule has 2 rings (SSSR count). The van der Waals surface area contributed by atoms with E-state index in [0.29, 0.717) is 0 Å². The smallest absolute Gasteiger partial charge is 0.354 e. The second kappa shape index (κ2) is 12.8. The maximum absolute atomic E-state index is 13.0. The minimum Gasteiger partial charge on any atom is -0.481 e. The number of hydrogen-bond donors (Lipinski definition) is 3. The van der Waals surface area contributed by atoms with E-state index in [1.54, 1.807) is 37.3 Å². The molecule has 0 aromatic heterocycles. The Hall–Kier alpha value is -2.98. The van der Waals surface area contributed by atoms with Crippen LogP contribution in [0.3, 0.4) is 0 Å². The highest BCUT2D eigenvalue weighted by Crippen LogP contribution is 2.33. The molecule has 0 fully saturated rings. The predicted octanol–water partition coefficient (Wildman–Crippen LogP) is 3.44. The molecule has 2 aromatic carbocycles. The molecule has 0 saturated carbocycles. The Morgan fingerprint density at radius 1 is 1.00 bits per heavy atom. The highest BCUT2D eigenvalue weighted by atomic mass is 33.1. The van der Waals surface area contributed by atoms with E-state index in [1.807, 2.05) is 30.3 Å². The summed E-state index contributed by atoms with van der Waals surface area (Å²) >= 11 is 0.787. The van der Waals surface area contributed by atoms with Crippen LogP contribution in [0.1, 0.15) is 36.5 Å². The number of carboxylic acids is 1. The molecule has 3 N–H and O–H groups in total. The Labute approximate surface area is 194 Å². The minimum absolute atomic E-state index is 0.0350. The Balaban J connectivity index is 2.14. The highest BCUT2D eigenvalue weighted by molar-refractivity contribution is 8.75. The van der Waals surface area contributed by atoms with E-state index >= 15 is 0 Å². The van der Waals surface area contributed by atoms with Gasteiger partial charge in [-0.3, -0.25) is 14.4 Å². The second-order valence-corrected chi connectivity index (χ2v) is 8.52. The van der Waals surface area contributed by atoms with Crippen molar-refractivity contribution in [3.63, 3.8) is 0 Å². The molecule has 0 heterocycles. The SMILES string of the molecule is CCC(NC(=O)c1ccccc1)(C(=O)NCCCC(=O)O)C(=O)OSSc1ccccc1. The van der Waals surface area contributed by atoms with Crippen molar-refractivity contribution in [1.82, 2.24) is 10.6 Å². The lowest BCUT2D eigenvalue weighted by Gasteiger charge is -2.29. The van der Waals surface area contributed by atoms with E-state index in [9.17, 15) is 19.2 Å². The van der Waals surface area contributed by atoms with Gasteiger partial charge in [0, 0.05) is 23.4 Å². The molecule has 170 valence electrons. The third kappa shape index (κ3) is 7.31. The number of nitrogens with one attached hydrogen (secondary N) is 2. The van der Waals surface area contributed by atoms with Crippen molar-refractivity contribution in [1.29, 1.82) is 0 Å². The third-order valence-electron chi connectivity index (χ3n) is 4.47. The van der Waals surface area contributed by atoms with Gasteiger partial charge in [-0.25, -0.2) is 4.79 Å². The van der Waals surface area contributed by atoms with Gasteiger partial charge in [0.1, 0.15) is 11.1 Å². The van der Waals surface area contributed by atoms with Gasteiger partial charge in [0.15, 0.2) is 0 Å². The molecule has 2 aromatic rings. The molecule has 32 heavy (non-hydrogen) atoms. The van der Waals surface area contributed by atoms with Crippen molar-refractivity contribution in [3.8, 4) is 0 Å². The van der Waals surface area contributed by atoms with Gasteiger partial charge in [-0.05, 0) is 47.9 Å². The molecule has 0 saturated heterocycles. The van der Waals surface area contributed by atoms with Gasteiger partial charge >= 0.3 is 11.9 Å². The molecule has 0 spiro atoms. The maximum Gasteiger partial charge on any atom is 0.354 e. The summed E-state index contributed by atoms with van der Waals surface area (Å²) in [6, 6.07) is 17.4. The van der Waals surface area contributed by atoms with E-state index in [1.165, 1.54) is 10.8 Å². The van der Waals surface area contributed by atoms with Crippen molar-refractivity contribution in [2.75, 3.05) is 6.54 Å². The highest BCUT2D eigenvalue weighted by Gasteiger charge is 2.48. The van der Waals surface area contributed by atoms with Crippen LogP contribution < -0.4 is 10.6 Å². The zero-order valence-electron chi connectivity index (χ0n) is 17.4. The van der Waals surface area contributed by atoms with Crippen LogP contribution in [0.2, 0.25) is 0 Å². The molecule has 10 heteroatoms. The molecule has 0 aliphatic carbocycles. The average molecular weight is 477 g/mol. The van der Waals surface area contributed by atoms with Crippen LogP contribution in [-0.4, -0.2) is 40.9 Å². The van der Waals surface area contributed by atoms with Crippen LogP contribution in [-0.2, 0) is 18.6 Å². The van der Waals surface area contributed by atoms with Gasteiger partial charge in [0.2, 0.25) is 5.54 Å². The first-order chi connectivity index (χ1) is 15.4. The fourth-order valence-corrected chi connectivity index (χ4v) is 4.12. The Morgan fingerprint density at radius 3 is 2.22 bits per heavy atom. The number of hydrogen-bond acceptors (Lipinski definition) is 7. The Morgan fingerprint density at radius 2 is 1.62 bits per heavy atom.